The predicted octanol–water partition coefficient (Wildman–Crippen LogP) is 1.55. The molecule has 108 valence electrons. The number of esters is 1. The monoisotopic (exact) mass is 278 g/mol. The van der Waals surface area contributed by atoms with Gasteiger partial charge in [-0.05, 0) is 26.7 Å². The Morgan fingerprint density at radius 1 is 1.50 bits per heavy atom. The molecule has 1 N–H and O–H groups in total. The fraction of sp³-hybridized carbons (Fsp3) is 0.571. The fourth-order valence-corrected chi connectivity index (χ4v) is 2.72. The third-order valence-electron chi connectivity index (χ3n) is 3.89. The summed E-state index contributed by atoms with van der Waals surface area (Å²) >= 11 is 0. The maximum Gasteiger partial charge on any atom is 0.343 e. The number of aromatic hydroxyl groups is 1. The van der Waals surface area contributed by atoms with Gasteiger partial charge in [-0.25, -0.2) is 4.79 Å². The first-order chi connectivity index (χ1) is 9.54. The molecule has 20 heavy (non-hydrogen) atoms. The summed E-state index contributed by atoms with van der Waals surface area (Å²) in [4.78, 5) is 26.1. The number of fused-ring (bicyclic) bond motifs is 1. The Morgan fingerprint density at radius 2 is 2.20 bits per heavy atom. The molecule has 1 fully saturated rings. The fourth-order valence-electron chi connectivity index (χ4n) is 2.72. The van der Waals surface area contributed by atoms with Gasteiger partial charge in [0.05, 0.1) is 6.61 Å². The molecule has 1 saturated carbocycles. The number of nitrogens with zero attached hydrogens (tertiary/aromatic N) is 2. The number of hydrogen-bond acceptors (Lipinski definition) is 4. The number of carbonyl (C=O) groups is 2. The molecule has 1 aromatic heterocycles. The largest absolute Gasteiger partial charge is 0.505 e. The van der Waals surface area contributed by atoms with Crippen LogP contribution in [0.2, 0.25) is 0 Å². The summed E-state index contributed by atoms with van der Waals surface area (Å²) in [7, 11) is 0. The number of rotatable bonds is 3. The van der Waals surface area contributed by atoms with E-state index in [-0.39, 0.29) is 35.6 Å². The maximum absolute atomic E-state index is 12.5. The molecule has 1 aliphatic heterocycles. The Hall–Kier alpha value is -1.98. The molecule has 0 saturated heterocycles. The van der Waals surface area contributed by atoms with E-state index >= 15 is 0 Å². The normalized spacial score (nSPS) is 21.8. The highest BCUT2D eigenvalue weighted by Crippen LogP contribution is 2.37. The molecule has 6 heteroatoms. The van der Waals surface area contributed by atoms with Gasteiger partial charge < -0.3 is 19.3 Å². The summed E-state index contributed by atoms with van der Waals surface area (Å²) in [5, 5.41) is 10.2. The van der Waals surface area contributed by atoms with Crippen molar-refractivity contribution in [2.24, 2.45) is 0 Å². The van der Waals surface area contributed by atoms with Crippen molar-refractivity contribution in [3.05, 3.63) is 17.5 Å². The van der Waals surface area contributed by atoms with Crippen molar-refractivity contribution in [2.75, 3.05) is 13.2 Å². The first-order valence-corrected chi connectivity index (χ1v) is 6.96. The number of amides is 1. The topological polar surface area (TPSA) is 71.8 Å². The number of aromatic nitrogens is 1. The molecule has 1 aromatic rings. The molecule has 0 spiro atoms. The molecule has 6 nitrogen and oxygen atoms in total. The lowest BCUT2D eigenvalue weighted by Crippen LogP contribution is -2.43. The average Bonchev–Trinajstić information content (AvgIpc) is 3.17. The van der Waals surface area contributed by atoms with E-state index in [9.17, 15) is 14.7 Å². The molecule has 1 unspecified atom stereocenters. The molecule has 1 aliphatic carbocycles. The first kappa shape index (κ1) is 13.0. The molecule has 1 amide bonds. The van der Waals surface area contributed by atoms with Gasteiger partial charge in [0.25, 0.3) is 5.91 Å². The minimum absolute atomic E-state index is 0.0392. The molecule has 0 radical (unpaired) electrons. The van der Waals surface area contributed by atoms with Crippen LogP contribution in [0.25, 0.3) is 0 Å². The average molecular weight is 278 g/mol. The van der Waals surface area contributed by atoms with E-state index in [1.54, 1.807) is 16.4 Å². The van der Waals surface area contributed by atoms with Crippen LogP contribution in [0, 0.1) is 0 Å². The summed E-state index contributed by atoms with van der Waals surface area (Å²) in [6, 6.07) is 0.330. The Labute approximate surface area is 116 Å². The van der Waals surface area contributed by atoms with Gasteiger partial charge >= 0.3 is 5.97 Å². The van der Waals surface area contributed by atoms with Crippen molar-refractivity contribution >= 4 is 11.9 Å². The summed E-state index contributed by atoms with van der Waals surface area (Å²) in [6.07, 6.45) is 3.56. The van der Waals surface area contributed by atoms with E-state index < -0.39 is 5.97 Å². The highest BCUT2D eigenvalue weighted by Gasteiger charge is 2.41. The van der Waals surface area contributed by atoms with Gasteiger partial charge in [-0.2, -0.15) is 0 Å². The Kier molecular flexibility index (Phi) is 2.96. The van der Waals surface area contributed by atoms with Crippen molar-refractivity contribution in [1.29, 1.82) is 0 Å². The van der Waals surface area contributed by atoms with E-state index in [1.165, 1.54) is 6.20 Å². The zero-order valence-electron chi connectivity index (χ0n) is 11.6. The van der Waals surface area contributed by atoms with Gasteiger partial charge in [-0.3, -0.25) is 4.79 Å². The Morgan fingerprint density at radius 3 is 2.80 bits per heavy atom. The third kappa shape index (κ3) is 1.87. The van der Waals surface area contributed by atoms with Crippen LogP contribution < -0.4 is 0 Å². The number of hydrogen-bond donors (Lipinski definition) is 1. The standard InChI is InChI=1S/C14H18N2O4/c1-3-20-14(19)10-7-15-8(2)6-16(9-4-5-9)13(18)11(15)12(10)17/h7-9,17H,3-6H2,1-2H3. The summed E-state index contributed by atoms with van der Waals surface area (Å²) in [5.74, 6) is -1.05. The van der Waals surface area contributed by atoms with Crippen LogP contribution >= 0.6 is 0 Å². The van der Waals surface area contributed by atoms with E-state index in [2.05, 4.69) is 0 Å². The lowest BCUT2D eigenvalue weighted by atomic mass is 10.2. The zero-order chi connectivity index (χ0) is 14.4. The van der Waals surface area contributed by atoms with Crippen molar-refractivity contribution in [3.63, 3.8) is 0 Å². The molecule has 2 heterocycles. The van der Waals surface area contributed by atoms with Crippen molar-refractivity contribution in [2.45, 2.75) is 38.8 Å². The van der Waals surface area contributed by atoms with Crippen LogP contribution in [0.3, 0.4) is 0 Å². The quantitative estimate of drug-likeness (QED) is 0.851. The molecular formula is C14H18N2O4. The van der Waals surface area contributed by atoms with Crippen molar-refractivity contribution < 1.29 is 19.4 Å². The van der Waals surface area contributed by atoms with Gasteiger partial charge in [0.15, 0.2) is 11.4 Å². The van der Waals surface area contributed by atoms with Crippen molar-refractivity contribution in [1.82, 2.24) is 9.47 Å². The Bertz CT molecular complexity index is 574. The highest BCUT2D eigenvalue weighted by atomic mass is 16.5. The molecule has 0 bridgehead atoms. The minimum atomic E-state index is -0.593. The third-order valence-corrected chi connectivity index (χ3v) is 3.89. The highest BCUT2D eigenvalue weighted by molar-refractivity contribution is 6.02. The first-order valence-electron chi connectivity index (χ1n) is 6.96. The van der Waals surface area contributed by atoms with Gasteiger partial charge in [-0.1, -0.05) is 0 Å². The van der Waals surface area contributed by atoms with Crippen LogP contribution in [0.15, 0.2) is 6.20 Å². The Balaban J connectivity index is 2.01. The van der Waals surface area contributed by atoms with E-state index in [0.717, 1.165) is 12.8 Å². The van der Waals surface area contributed by atoms with Crippen LogP contribution in [0.5, 0.6) is 5.75 Å². The minimum Gasteiger partial charge on any atom is -0.505 e. The van der Waals surface area contributed by atoms with Gasteiger partial charge in [-0.15, -0.1) is 0 Å². The lowest BCUT2D eigenvalue weighted by molar-refractivity contribution is 0.0523. The summed E-state index contributed by atoms with van der Waals surface area (Å²) < 4.78 is 6.59. The van der Waals surface area contributed by atoms with Gasteiger partial charge in [0.2, 0.25) is 0 Å². The maximum atomic E-state index is 12.5. The van der Waals surface area contributed by atoms with Gasteiger partial charge in [0.1, 0.15) is 5.56 Å². The molecule has 2 aliphatic rings. The summed E-state index contributed by atoms with van der Waals surface area (Å²) in [5.41, 5.74) is 0.276. The number of ether oxygens (including phenoxy) is 1. The van der Waals surface area contributed by atoms with Crippen LogP contribution in [-0.2, 0) is 4.74 Å². The molecule has 1 atom stereocenters. The zero-order valence-corrected chi connectivity index (χ0v) is 11.6. The summed E-state index contributed by atoms with van der Waals surface area (Å²) in [6.45, 7) is 4.52. The molecule has 3 rings (SSSR count). The second kappa shape index (κ2) is 4.54. The van der Waals surface area contributed by atoms with Crippen LogP contribution in [-0.4, -0.2) is 45.6 Å². The molecule has 0 aromatic carbocycles. The second-order valence-electron chi connectivity index (χ2n) is 5.41. The molecular weight excluding hydrogens is 260 g/mol. The van der Waals surface area contributed by atoms with E-state index in [4.69, 9.17) is 4.74 Å². The van der Waals surface area contributed by atoms with E-state index in [1.807, 2.05) is 6.92 Å². The predicted molar refractivity (Wildman–Crippen MR) is 70.8 cm³/mol. The van der Waals surface area contributed by atoms with E-state index in [0.29, 0.717) is 12.6 Å². The number of carbonyl (C=O) groups excluding carboxylic acids is 2. The SMILES string of the molecule is CCOC(=O)c1cn2c(c1O)C(=O)N(C1CC1)CC2C. The van der Waals surface area contributed by atoms with Crippen LogP contribution in [0.1, 0.15) is 53.6 Å². The second-order valence-corrected chi connectivity index (χ2v) is 5.41. The van der Waals surface area contributed by atoms with Gasteiger partial charge in [0, 0.05) is 24.8 Å². The lowest BCUT2D eigenvalue weighted by Gasteiger charge is -2.32. The van der Waals surface area contributed by atoms with Crippen molar-refractivity contribution in [3.8, 4) is 5.75 Å². The smallest absolute Gasteiger partial charge is 0.343 e. The van der Waals surface area contributed by atoms with Crippen LogP contribution in [0.4, 0.5) is 0 Å².